The number of carboxylic acid groups (broad SMARTS) is 1. The van der Waals surface area contributed by atoms with Crippen LogP contribution in [0.25, 0.3) is 0 Å². The third-order valence-electron chi connectivity index (χ3n) is 8.19. The van der Waals surface area contributed by atoms with Crippen LogP contribution in [0.3, 0.4) is 0 Å². The van der Waals surface area contributed by atoms with Crippen LogP contribution in [0.4, 0.5) is 0 Å². The molecule has 0 aromatic heterocycles. The largest absolute Gasteiger partial charge is 0.482 e. The molecule has 3 aliphatic heterocycles. The van der Waals surface area contributed by atoms with E-state index in [-0.39, 0.29) is 17.7 Å². The zero-order valence-electron chi connectivity index (χ0n) is 17.9. The Morgan fingerprint density at radius 1 is 1.15 bits per heavy atom. The van der Waals surface area contributed by atoms with Crippen molar-refractivity contribution in [2.24, 2.45) is 5.92 Å². The van der Waals surface area contributed by atoms with Crippen LogP contribution in [0.15, 0.2) is 24.3 Å². The SMILES string of the molecule is CN1CC[C@@]23c4c5ccc(O[C@@H]6O[C@H](C(=O)O)[C@@H](O)[C@H](O)[C@H]6O)c4O[C@@H]2[C@@H](O)C=C[C@@H]3[C@H]1C5. The summed E-state index contributed by atoms with van der Waals surface area (Å²) in [5.41, 5.74) is 1.70. The summed E-state index contributed by atoms with van der Waals surface area (Å²) in [5, 5.41) is 50.6. The zero-order valence-corrected chi connectivity index (χ0v) is 17.9. The molecule has 10 atom stereocenters. The van der Waals surface area contributed by atoms with Gasteiger partial charge in [-0.15, -0.1) is 0 Å². The number of likely N-dealkylation sites (tertiary alicyclic amines) is 1. The fourth-order valence-corrected chi connectivity index (χ4v) is 6.60. The summed E-state index contributed by atoms with van der Waals surface area (Å²) in [6, 6.07) is 3.90. The minimum atomic E-state index is -1.80. The molecule has 2 bridgehead atoms. The first-order chi connectivity index (χ1) is 15.7. The Labute approximate surface area is 189 Å². The first-order valence-electron chi connectivity index (χ1n) is 11.2. The van der Waals surface area contributed by atoms with Gasteiger partial charge in [0.1, 0.15) is 30.5 Å². The molecule has 5 aliphatic rings. The van der Waals surface area contributed by atoms with Gasteiger partial charge in [0.2, 0.25) is 6.29 Å². The van der Waals surface area contributed by atoms with Crippen LogP contribution < -0.4 is 9.47 Å². The van der Waals surface area contributed by atoms with Crippen molar-refractivity contribution in [2.75, 3.05) is 13.6 Å². The molecular weight excluding hydrogens is 434 g/mol. The minimum absolute atomic E-state index is 0.165. The Morgan fingerprint density at radius 3 is 2.70 bits per heavy atom. The Morgan fingerprint density at radius 2 is 1.94 bits per heavy atom. The summed E-state index contributed by atoms with van der Waals surface area (Å²) in [4.78, 5) is 13.8. The van der Waals surface area contributed by atoms with Crippen LogP contribution in [-0.2, 0) is 21.4 Å². The molecule has 1 aromatic rings. The number of hydrogen-bond donors (Lipinski definition) is 5. The van der Waals surface area contributed by atoms with Gasteiger partial charge in [-0.05, 0) is 38.1 Å². The Balaban J connectivity index is 1.41. The van der Waals surface area contributed by atoms with E-state index in [1.54, 1.807) is 12.1 Å². The van der Waals surface area contributed by atoms with Crippen LogP contribution in [0.1, 0.15) is 17.5 Å². The van der Waals surface area contributed by atoms with E-state index in [4.69, 9.17) is 14.2 Å². The van der Waals surface area contributed by atoms with E-state index < -0.39 is 54.3 Å². The maximum Gasteiger partial charge on any atom is 0.335 e. The van der Waals surface area contributed by atoms with Gasteiger partial charge in [0, 0.05) is 22.9 Å². The van der Waals surface area contributed by atoms with Crippen molar-refractivity contribution in [1.29, 1.82) is 0 Å². The van der Waals surface area contributed by atoms with Crippen molar-refractivity contribution in [2.45, 2.75) is 67.2 Å². The van der Waals surface area contributed by atoms with Crippen LogP contribution in [0.5, 0.6) is 11.5 Å². The molecule has 1 aromatic carbocycles. The number of benzene rings is 1. The van der Waals surface area contributed by atoms with Crippen LogP contribution >= 0.6 is 0 Å². The summed E-state index contributed by atoms with van der Waals surface area (Å²) in [5.74, 6) is -0.625. The predicted octanol–water partition coefficient (Wildman–Crippen LogP) is -1.24. The number of aliphatic hydroxyl groups excluding tert-OH is 4. The summed E-state index contributed by atoms with van der Waals surface area (Å²) in [6.45, 7) is 0.861. The van der Waals surface area contributed by atoms with Gasteiger partial charge in [-0.25, -0.2) is 4.79 Å². The molecular formula is C23H27NO9. The lowest BCUT2D eigenvalue weighted by Gasteiger charge is -2.56. The highest BCUT2D eigenvalue weighted by Gasteiger charge is 2.64. The number of ether oxygens (including phenoxy) is 3. The van der Waals surface area contributed by atoms with E-state index in [1.807, 2.05) is 6.07 Å². The van der Waals surface area contributed by atoms with Crippen molar-refractivity contribution >= 4 is 5.97 Å². The highest BCUT2D eigenvalue weighted by atomic mass is 16.7. The minimum Gasteiger partial charge on any atom is -0.482 e. The van der Waals surface area contributed by atoms with Gasteiger partial charge in [-0.2, -0.15) is 0 Å². The second-order valence-corrected chi connectivity index (χ2v) is 9.76. The Bertz CT molecular complexity index is 1030. The lowest BCUT2D eigenvalue weighted by Crippen LogP contribution is -2.64. The fourth-order valence-electron chi connectivity index (χ4n) is 6.60. The van der Waals surface area contributed by atoms with Gasteiger partial charge in [-0.3, -0.25) is 0 Å². The number of aliphatic hydroxyl groups is 4. The van der Waals surface area contributed by atoms with Crippen molar-refractivity contribution in [3.63, 3.8) is 0 Å². The summed E-state index contributed by atoms with van der Waals surface area (Å²) >= 11 is 0. The highest BCUT2D eigenvalue weighted by Crippen LogP contribution is 2.62. The molecule has 5 N–H and O–H groups in total. The molecule has 2 saturated heterocycles. The molecule has 0 radical (unpaired) electrons. The van der Waals surface area contributed by atoms with Gasteiger partial charge < -0.3 is 44.6 Å². The smallest absolute Gasteiger partial charge is 0.335 e. The van der Waals surface area contributed by atoms with Crippen molar-refractivity contribution in [3.05, 3.63) is 35.4 Å². The van der Waals surface area contributed by atoms with E-state index in [0.717, 1.165) is 30.5 Å². The Kier molecular flexibility index (Phi) is 4.62. The molecule has 178 valence electrons. The van der Waals surface area contributed by atoms with Crippen molar-refractivity contribution in [3.8, 4) is 11.5 Å². The average Bonchev–Trinajstić information content (AvgIpc) is 3.14. The van der Waals surface area contributed by atoms with Crippen molar-refractivity contribution in [1.82, 2.24) is 4.90 Å². The molecule has 0 amide bonds. The number of carboxylic acids is 1. The van der Waals surface area contributed by atoms with E-state index in [0.29, 0.717) is 5.75 Å². The van der Waals surface area contributed by atoms with Gasteiger partial charge >= 0.3 is 5.97 Å². The maximum atomic E-state index is 11.4. The molecule has 3 heterocycles. The molecule has 1 spiro atoms. The third-order valence-corrected chi connectivity index (χ3v) is 8.19. The van der Waals surface area contributed by atoms with Crippen LogP contribution in [-0.4, -0.2) is 98.9 Å². The maximum absolute atomic E-state index is 11.4. The molecule has 2 fully saturated rings. The van der Waals surface area contributed by atoms with Crippen LogP contribution in [0, 0.1) is 5.92 Å². The average molecular weight is 461 g/mol. The molecule has 33 heavy (non-hydrogen) atoms. The van der Waals surface area contributed by atoms with E-state index >= 15 is 0 Å². The topological polar surface area (TPSA) is 149 Å². The normalized spacial score (nSPS) is 45.3. The lowest BCUT2D eigenvalue weighted by atomic mass is 9.53. The van der Waals surface area contributed by atoms with Gasteiger partial charge in [0.25, 0.3) is 0 Å². The molecule has 10 nitrogen and oxygen atoms in total. The van der Waals surface area contributed by atoms with Crippen LogP contribution in [0.2, 0.25) is 0 Å². The Hall–Kier alpha value is -2.21. The second-order valence-electron chi connectivity index (χ2n) is 9.76. The molecule has 10 heteroatoms. The monoisotopic (exact) mass is 461 g/mol. The van der Waals surface area contributed by atoms with Crippen molar-refractivity contribution < 1.29 is 44.5 Å². The zero-order chi connectivity index (χ0) is 23.2. The first kappa shape index (κ1) is 21.3. The summed E-state index contributed by atoms with van der Waals surface area (Å²) < 4.78 is 17.5. The number of nitrogens with zero attached hydrogens (tertiary/aromatic N) is 1. The number of likely N-dealkylation sites (N-methyl/N-ethyl adjacent to an activating group) is 1. The van der Waals surface area contributed by atoms with Gasteiger partial charge in [-0.1, -0.05) is 18.2 Å². The predicted molar refractivity (Wildman–Crippen MR) is 111 cm³/mol. The number of aliphatic carboxylic acids is 1. The number of rotatable bonds is 3. The second kappa shape index (κ2) is 7.14. The first-order valence-corrected chi connectivity index (χ1v) is 11.2. The lowest BCUT2D eigenvalue weighted by molar-refractivity contribution is -0.271. The molecule has 0 saturated carbocycles. The van der Waals surface area contributed by atoms with E-state index in [9.17, 15) is 30.3 Å². The number of carbonyl (C=O) groups is 1. The fraction of sp³-hybridized carbons (Fsp3) is 0.609. The summed E-state index contributed by atoms with van der Waals surface area (Å²) in [7, 11) is 2.12. The summed E-state index contributed by atoms with van der Waals surface area (Å²) in [6.07, 6.45) is -4.29. The third kappa shape index (κ3) is 2.73. The number of hydrogen-bond acceptors (Lipinski definition) is 9. The van der Waals surface area contributed by atoms with E-state index in [1.165, 1.54) is 0 Å². The molecule has 0 unspecified atom stereocenters. The molecule has 2 aliphatic carbocycles. The van der Waals surface area contributed by atoms with Gasteiger partial charge in [0.15, 0.2) is 17.6 Å². The van der Waals surface area contributed by atoms with E-state index in [2.05, 4.69) is 18.0 Å². The quantitative estimate of drug-likeness (QED) is 0.346. The standard InChI is InChI=1S/C23H27NO9/c1-24-7-6-23-10-3-4-12(25)20(23)32-18-13(5-2-9(14(18)23)8-11(10)24)31-22-17(28)15(26)16(27)19(33-22)21(29)30/h2-5,10-12,15-17,19-20,22,25-28H,6-8H2,1H3,(H,29,30)/t10-,11-,12+,15+,16+,17-,19+,20-,22-,23-/m1/s1. The highest BCUT2D eigenvalue weighted by molar-refractivity contribution is 5.73. The molecule has 6 rings (SSSR count). The van der Waals surface area contributed by atoms with Gasteiger partial charge in [0.05, 0.1) is 0 Å². The number of piperidine rings is 1.